The number of rotatable bonds is 5. The largest absolute Gasteiger partial charge is 0.372 e. The van der Waals surface area contributed by atoms with E-state index >= 15 is 0 Å². The number of carbonyl (C=O) groups is 1. The smallest absolute Gasteiger partial charge is 0.224 e. The van der Waals surface area contributed by atoms with E-state index in [1.165, 1.54) is 18.5 Å². The highest BCUT2D eigenvalue weighted by Gasteiger charge is 2.15. The van der Waals surface area contributed by atoms with Crippen LogP contribution in [0.25, 0.3) is 0 Å². The second-order valence-electron chi connectivity index (χ2n) is 5.87. The van der Waals surface area contributed by atoms with E-state index in [1.54, 1.807) is 0 Å². The van der Waals surface area contributed by atoms with Gasteiger partial charge in [0.25, 0.3) is 0 Å². The van der Waals surface area contributed by atoms with E-state index in [0.29, 0.717) is 6.42 Å². The van der Waals surface area contributed by atoms with Gasteiger partial charge in [-0.2, -0.15) is 0 Å². The molecule has 1 aromatic carbocycles. The molecule has 20 heavy (non-hydrogen) atoms. The van der Waals surface area contributed by atoms with E-state index in [4.69, 9.17) is 0 Å². The maximum Gasteiger partial charge on any atom is 0.224 e. The third kappa shape index (κ3) is 4.26. The molecule has 1 aliphatic rings. The number of unbranched alkanes of at least 4 members (excludes halogenated alkanes) is 1. The highest BCUT2D eigenvalue weighted by atomic mass is 16.1. The Balaban J connectivity index is 1.88. The first kappa shape index (κ1) is 14.9. The molecule has 0 bridgehead atoms. The van der Waals surface area contributed by atoms with Crippen molar-refractivity contribution in [3.63, 3.8) is 0 Å². The van der Waals surface area contributed by atoms with E-state index in [-0.39, 0.29) is 5.91 Å². The fourth-order valence-corrected chi connectivity index (χ4v) is 2.58. The van der Waals surface area contributed by atoms with Gasteiger partial charge < -0.3 is 10.2 Å². The maximum atomic E-state index is 11.7. The second-order valence-corrected chi connectivity index (χ2v) is 5.87. The lowest BCUT2D eigenvalue weighted by Crippen LogP contribution is -2.32. The van der Waals surface area contributed by atoms with Crippen LogP contribution in [0.2, 0.25) is 0 Å². The maximum absolute atomic E-state index is 11.7. The van der Waals surface area contributed by atoms with Crippen molar-refractivity contribution < 1.29 is 4.79 Å². The summed E-state index contributed by atoms with van der Waals surface area (Å²) >= 11 is 0. The van der Waals surface area contributed by atoms with E-state index in [0.717, 1.165) is 37.5 Å². The first-order valence-electron chi connectivity index (χ1n) is 7.84. The van der Waals surface area contributed by atoms with E-state index in [2.05, 4.69) is 36.2 Å². The lowest BCUT2D eigenvalue weighted by Gasteiger charge is -2.32. The lowest BCUT2D eigenvalue weighted by atomic mass is 9.99. The Kier molecular flexibility index (Phi) is 5.45. The van der Waals surface area contributed by atoms with Gasteiger partial charge in [-0.05, 0) is 49.4 Å². The van der Waals surface area contributed by atoms with Gasteiger partial charge in [-0.15, -0.1) is 0 Å². The number of nitrogens with zero attached hydrogens (tertiary/aromatic N) is 1. The van der Waals surface area contributed by atoms with Gasteiger partial charge in [0.1, 0.15) is 0 Å². The topological polar surface area (TPSA) is 32.3 Å². The number of hydrogen-bond donors (Lipinski definition) is 1. The van der Waals surface area contributed by atoms with E-state index in [9.17, 15) is 4.79 Å². The summed E-state index contributed by atoms with van der Waals surface area (Å²) in [7, 11) is 0. The van der Waals surface area contributed by atoms with Crippen molar-refractivity contribution >= 4 is 17.3 Å². The van der Waals surface area contributed by atoms with Crippen molar-refractivity contribution in [1.29, 1.82) is 0 Å². The van der Waals surface area contributed by atoms with Crippen LogP contribution in [0.3, 0.4) is 0 Å². The zero-order chi connectivity index (χ0) is 14.4. The molecule has 1 aliphatic heterocycles. The van der Waals surface area contributed by atoms with Gasteiger partial charge in [0, 0.05) is 30.9 Å². The Morgan fingerprint density at radius 1 is 1.25 bits per heavy atom. The summed E-state index contributed by atoms with van der Waals surface area (Å²) in [5.41, 5.74) is 2.17. The van der Waals surface area contributed by atoms with Gasteiger partial charge in [-0.1, -0.05) is 20.3 Å². The van der Waals surface area contributed by atoms with Crippen LogP contribution in [0.4, 0.5) is 11.4 Å². The van der Waals surface area contributed by atoms with Gasteiger partial charge in [0.05, 0.1) is 0 Å². The van der Waals surface area contributed by atoms with Crippen LogP contribution in [0.15, 0.2) is 24.3 Å². The molecule has 0 radical (unpaired) electrons. The summed E-state index contributed by atoms with van der Waals surface area (Å²) in [5, 5.41) is 2.96. The normalized spacial score (nSPS) is 16.2. The molecule has 3 heteroatoms. The fourth-order valence-electron chi connectivity index (χ4n) is 2.58. The quantitative estimate of drug-likeness (QED) is 0.878. The lowest BCUT2D eigenvalue weighted by molar-refractivity contribution is -0.116. The van der Waals surface area contributed by atoms with Gasteiger partial charge in [0.15, 0.2) is 0 Å². The van der Waals surface area contributed by atoms with Crippen LogP contribution in [-0.2, 0) is 4.79 Å². The van der Waals surface area contributed by atoms with Crippen molar-refractivity contribution in [3.05, 3.63) is 24.3 Å². The molecule has 1 saturated heterocycles. The minimum absolute atomic E-state index is 0.117. The second kappa shape index (κ2) is 7.32. The van der Waals surface area contributed by atoms with Gasteiger partial charge >= 0.3 is 0 Å². The summed E-state index contributed by atoms with van der Waals surface area (Å²) in [6, 6.07) is 8.26. The number of amides is 1. The number of piperidine rings is 1. The Hall–Kier alpha value is -1.51. The number of nitrogens with one attached hydrogen (secondary N) is 1. The Morgan fingerprint density at radius 3 is 2.50 bits per heavy atom. The molecule has 1 heterocycles. The van der Waals surface area contributed by atoms with Crippen molar-refractivity contribution in [3.8, 4) is 0 Å². The molecular weight excluding hydrogens is 248 g/mol. The van der Waals surface area contributed by atoms with Crippen LogP contribution < -0.4 is 10.2 Å². The summed E-state index contributed by atoms with van der Waals surface area (Å²) in [6.07, 6.45) is 5.17. The van der Waals surface area contributed by atoms with E-state index < -0.39 is 0 Å². The number of carbonyl (C=O) groups excluding carboxylic acids is 1. The molecule has 0 aromatic heterocycles. The average Bonchev–Trinajstić information content (AvgIpc) is 2.47. The van der Waals surface area contributed by atoms with Gasteiger partial charge in [-0.25, -0.2) is 0 Å². The average molecular weight is 274 g/mol. The molecule has 3 nitrogen and oxygen atoms in total. The summed E-state index contributed by atoms with van der Waals surface area (Å²) < 4.78 is 0. The first-order valence-corrected chi connectivity index (χ1v) is 7.84. The predicted octanol–water partition coefficient (Wildman–Crippen LogP) is 4.05. The minimum atomic E-state index is 0.117. The highest BCUT2D eigenvalue weighted by molar-refractivity contribution is 5.90. The summed E-state index contributed by atoms with van der Waals surface area (Å²) in [4.78, 5) is 14.1. The molecule has 0 aliphatic carbocycles. The van der Waals surface area contributed by atoms with Crippen molar-refractivity contribution in [2.24, 2.45) is 5.92 Å². The van der Waals surface area contributed by atoms with Crippen LogP contribution >= 0.6 is 0 Å². The molecule has 0 atom stereocenters. The van der Waals surface area contributed by atoms with Crippen LogP contribution in [0.1, 0.15) is 46.0 Å². The molecule has 110 valence electrons. The van der Waals surface area contributed by atoms with Gasteiger partial charge in [-0.3, -0.25) is 4.79 Å². The summed E-state index contributed by atoms with van der Waals surface area (Å²) in [5.74, 6) is 0.967. The van der Waals surface area contributed by atoms with Crippen molar-refractivity contribution in [2.75, 3.05) is 23.3 Å². The Labute approximate surface area is 122 Å². The molecule has 1 aromatic rings. The van der Waals surface area contributed by atoms with E-state index in [1.807, 2.05) is 12.1 Å². The zero-order valence-electron chi connectivity index (χ0n) is 12.7. The monoisotopic (exact) mass is 274 g/mol. The molecule has 1 fully saturated rings. The molecule has 0 saturated carbocycles. The molecule has 2 rings (SSSR count). The fraction of sp³-hybridized carbons (Fsp3) is 0.588. The molecule has 0 unspecified atom stereocenters. The predicted molar refractivity (Wildman–Crippen MR) is 85.2 cm³/mol. The molecule has 0 spiro atoms. The minimum Gasteiger partial charge on any atom is -0.372 e. The zero-order valence-corrected chi connectivity index (χ0v) is 12.7. The Morgan fingerprint density at radius 2 is 1.90 bits per heavy atom. The number of benzene rings is 1. The molecule has 1 amide bonds. The molecular formula is C17H26N2O. The number of anilines is 2. The van der Waals surface area contributed by atoms with Crippen molar-refractivity contribution in [2.45, 2.75) is 46.0 Å². The Bertz CT molecular complexity index is 419. The van der Waals surface area contributed by atoms with Gasteiger partial charge in [0.2, 0.25) is 5.91 Å². The SMILES string of the molecule is CCCCC(=O)Nc1ccc(N2CCC(C)CC2)cc1. The third-order valence-corrected chi connectivity index (χ3v) is 4.06. The third-order valence-electron chi connectivity index (χ3n) is 4.06. The number of hydrogen-bond acceptors (Lipinski definition) is 2. The van der Waals surface area contributed by atoms with Crippen molar-refractivity contribution in [1.82, 2.24) is 0 Å². The van der Waals surface area contributed by atoms with Crippen LogP contribution in [0.5, 0.6) is 0 Å². The standard InChI is InChI=1S/C17H26N2O/c1-3-4-5-17(20)18-15-6-8-16(9-7-15)19-12-10-14(2)11-13-19/h6-9,14H,3-5,10-13H2,1-2H3,(H,18,20). The van der Waals surface area contributed by atoms with Crippen LogP contribution in [0, 0.1) is 5.92 Å². The highest BCUT2D eigenvalue weighted by Crippen LogP contribution is 2.24. The summed E-state index contributed by atoms with van der Waals surface area (Å²) in [6.45, 7) is 6.71. The first-order chi connectivity index (χ1) is 9.69. The van der Waals surface area contributed by atoms with Crippen LogP contribution in [-0.4, -0.2) is 19.0 Å². The molecule has 1 N–H and O–H groups in total.